The van der Waals surface area contributed by atoms with Gasteiger partial charge in [0.15, 0.2) is 11.2 Å². The molecule has 0 bridgehead atoms. The molecule has 2 heterocycles. The average Bonchev–Trinajstić information content (AvgIpc) is 3.40. The maximum Gasteiger partial charge on any atom is 0.178 e. The third kappa shape index (κ3) is 6.91. The van der Waals surface area contributed by atoms with Gasteiger partial charge < -0.3 is 28.4 Å². The third-order valence-corrected chi connectivity index (χ3v) is 13.3. The van der Waals surface area contributed by atoms with E-state index in [1.54, 1.807) is 40.6 Å². The number of hydrogen-bond acceptors (Lipinski definition) is 6. The standard InChI is InChI=1S/C60H44F2O6/c1-63-45-22-14-41(15-23-45)59(42-16-24-46(64-2)25-17-42)32-30-49-51(35-39-10-6-12-53(61)55(39)57(49)67-59)37-8-5-9-38(34-37)52-36-40-11-7-13-54(62)56(40)58-50(52)31-33-60(68-58,43-18-26-47(65-3)27-19-43)44-20-28-48(66-4)29-21-44/h5-36H,1-4H3. The van der Waals surface area contributed by atoms with Gasteiger partial charge in [0, 0.05) is 33.4 Å². The van der Waals surface area contributed by atoms with Gasteiger partial charge in [0.05, 0.1) is 39.2 Å². The van der Waals surface area contributed by atoms with Crippen LogP contribution in [-0.2, 0) is 11.2 Å². The highest BCUT2D eigenvalue weighted by Gasteiger charge is 2.41. The van der Waals surface area contributed by atoms with Crippen molar-refractivity contribution in [2.45, 2.75) is 11.2 Å². The van der Waals surface area contributed by atoms with Crippen molar-refractivity contribution in [3.8, 4) is 56.8 Å². The second-order valence-electron chi connectivity index (χ2n) is 16.8. The minimum Gasteiger partial charge on any atom is -0.497 e. The van der Waals surface area contributed by atoms with E-state index in [1.165, 1.54) is 12.1 Å². The summed E-state index contributed by atoms with van der Waals surface area (Å²) in [5, 5.41) is 2.12. The highest BCUT2D eigenvalue weighted by molar-refractivity contribution is 6.02. The molecule has 0 spiro atoms. The van der Waals surface area contributed by atoms with Crippen molar-refractivity contribution in [3.63, 3.8) is 0 Å². The van der Waals surface area contributed by atoms with Crippen LogP contribution in [0.1, 0.15) is 33.4 Å². The highest BCUT2D eigenvalue weighted by atomic mass is 19.1. The van der Waals surface area contributed by atoms with E-state index in [9.17, 15) is 0 Å². The molecule has 0 radical (unpaired) electrons. The topological polar surface area (TPSA) is 55.4 Å². The zero-order valence-corrected chi connectivity index (χ0v) is 37.7. The first kappa shape index (κ1) is 42.3. The first-order valence-corrected chi connectivity index (χ1v) is 22.2. The molecular weight excluding hydrogens is 855 g/mol. The fourth-order valence-electron chi connectivity index (χ4n) is 9.76. The Balaban J connectivity index is 1.09. The van der Waals surface area contributed by atoms with Crippen molar-refractivity contribution >= 4 is 33.7 Å². The van der Waals surface area contributed by atoms with Crippen LogP contribution in [0.2, 0.25) is 0 Å². The number of fused-ring (bicyclic) bond motifs is 6. The molecule has 0 fully saturated rings. The van der Waals surface area contributed by atoms with Crippen molar-refractivity contribution in [1.82, 2.24) is 0 Å². The van der Waals surface area contributed by atoms with Crippen LogP contribution >= 0.6 is 0 Å². The van der Waals surface area contributed by atoms with Crippen LogP contribution < -0.4 is 28.4 Å². The summed E-state index contributed by atoms with van der Waals surface area (Å²) in [6.45, 7) is 0. The lowest BCUT2D eigenvalue weighted by Crippen LogP contribution is -2.34. The van der Waals surface area contributed by atoms with Crippen molar-refractivity contribution in [1.29, 1.82) is 0 Å². The molecule has 2 aliphatic heterocycles. The van der Waals surface area contributed by atoms with Gasteiger partial charge in [0.1, 0.15) is 46.1 Å². The predicted molar refractivity (Wildman–Crippen MR) is 265 cm³/mol. The number of ether oxygens (including phenoxy) is 6. The molecular formula is C60H44F2O6. The minimum absolute atomic E-state index is 0.378. The van der Waals surface area contributed by atoms with Gasteiger partial charge in [0.2, 0.25) is 0 Å². The molecule has 6 nitrogen and oxygen atoms in total. The van der Waals surface area contributed by atoms with Gasteiger partial charge in [-0.05, 0) is 136 Å². The number of benzene rings is 9. The zero-order chi connectivity index (χ0) is 46.6. The van der Waals surface area contributed by atoms with Gasteiger partial charge in [-0.1, -0.05) is 91.0 Å². The van der Waals surface area contributed by atoms with E-state index in [0.29, 0.717) is 56.0 Å². The Morgan fingerprint density at radius 3 is 1.03 bits per heavy atom. The van der Waals surface area contributed by atoms with Gasteiger partial charge in [-0.15, -0.1) is 0 Å². The molecule has 11 rings (SSSR count). The van der Waals surface area contributed by atoms with Crippen LogP contribution in [0.3, 0.4) is 0 Å². The number of halogens is 2. The Morgan fingerprint density at radius 1 is 0.382 bits per heavy atom. The molecule has 0 saturated heterocycles. The quantitative estimate of drug-likeness (QED) is 0.136. The summed E-state index contributed by atoms with van der Waals surface area (Å²) in [5.41, 5.74) is 5.95. The van der Waals surface area contributed by atoms with Gasteiger partial charge in [-0.3, -0.25) is 0 Å². The van der Waals surface area contributed by atoms with Crippen molar-refractivity contribution in [2.75, 3.05) is 28.4 Å². The van der Waals surface area contributed by atoms with Crippen molar-refractivity contribution < 1.29 is 37.2 Å². The summed E-state index contributed by atoms with van der Waals surface area (Å²) < 4.78 is 69.3. The van der Waals surface area contributed by atoms with Gasteiger partial charge in [-0.2, -0.15) is 0 Å². The lowest BCUT2D eigenvalue weighted by molar-refractivity contribution is 0.163. The van der Waals surface area contributed by atoms with E-state index in [1.807, 2.05) is 164 Å². The SMILES string of the molecule is COc1ccc(C2(c3ccc(OC)cc3)C=Cc3c(-c4cccc(-c5cc6cccc(F)c6c6c5C=CC(c5ccc(OC)cc5)(c5ccc(OC)cc5)O6)c4)cc4cccc(F)c4c3O2)cc1. The van der Waals surface area contributed by atoms with Crippen molar-refractivity contribution in [2.24, 2.45) is 0 Å². The molecule has 334 valence electrons. The average molecular weight is 899 g/mol. The summed E-state index contributed by atoms with van der Waals surface area (Å²) in [7, 11) is 6.52. The second-order valence-corrected chi connectivity index (χ2v) is 16.8. The molecule has 2 aliphatic rings. The molecule has 0 aromatic heterocycles. The lowest BCUT2D eigenvalue weighted by atomic mass is 9.81. The number of hydrogen-bond donors (Lipinski definition) is 0. The first-order chi connectivity index (χ1) is 33.2. The Morgan fingerprint density at radius 2 is 0.706 bits per heavy atom. The Bertz CT molecular complexity index is 3130. The van der Waals surface area contributed by atoms with Crippen molar-refractivity contribution in [3.05, 3.63) is 227 Å². The fourth-order valence-corrected chi connectivity index (χ4v) is 9.76. The van der Waals surface area contributed by atoms with E-state index < -0.39 is 22.8 Å². The van der Waals surface area contributed by atoms with Crippen LogP contribution in [-0.4, -0.2) is 28.4 Å². The van der Waals surface area contributed by atoms with Crippen LogP contribution in [0.5, 0.6) is 34.5 Å². The first-order valence-electron chi connectivity index (χ1n) is 22.2. The van der Waals surface area contributed by atoms with E-state index in [0.717, 1.165) is 55.6 Å². The highest BCUT2D eigenvalue weighted by Crippen LogP contribution is 2.52. The lowest BCUT2D eigenvalue weighted by Gasteiger charge is -2.37. The predicted octanol–water partition coefficient (Wildman–Crippen LogP) is 14.3. The smallest absolute Gasteiger partial charge is 0.178 e. The molecule has 0 amide bonds. The molecule has 0 saturated carbocycles. The summed E-state index contributed by atoms with van der Waals surface area (Å²) in [5.74, 6) is 2.84. The van der Waals surface area contributed by atoms with E-state index in [4.69, 9.17) is 28.4 Å². The van der Waals surface area contributed by atoms with Gasteiger partial charge in [0.25, 0.3) is 0 Å². The van der Waals surface area contributed by atoms with Crippen LogP contribution in [0, 0.1) is 11.6 Å². The van der Waals surface area contributed by atoms with Crippen LogP contribution in [0.15, 0.2) is 182 Å². The molecule has 68 heavy (non-hydrogen) atoms. The molecule has 8 heteroatoms. The molecule has 0 N–H and O–H groups in total. The molecule has 9 aromatic rings. The molecule has 0 atom stereocenters. The largest absolute Gasteiger partial charge is 0.497 e. The van der Waals surface area contributed by atoms with E-state index in [2.05, 4.69) is 6.07 Å². The molecule has 0 aliphatic carbocycles. The maximum absolute atomic E-state index is 16.3. The molecule has 9 aromatic carbocycles. The fraction of sp³-hybridized carbons (Fsp3) is 0.100. The summed E-state index contributed by atoms with van der Waals surface area (Å²) in [6, 6.07) is 53.3. The van der Waals surface area contributed by atoms with Crippen LogP contribution in [0.4, 0.5) is 8.78 Å². The number of methoxy groups -OCH3 is 4. The zero-order valence-electron chi connectivity index (χ0n) is 37.7. The monoisotopic (exact) mass is 898 g/mol. The molecule has 0 unspecified atom stereocenters. The normalized spacial score (nSPS) is 14.1. The van der Waals surface area contributed by atoms with Crippen LogP contribution in [0.25, 0.3) is 56.0 Å². The maximum atomic E-state index is 16.3. The van der Waals surface area contributed by atoms with Gasteiger partial charge >= 0.3 is 0 Å². The number of rotatable bonds is 10. The Labute approximate surface area is 392 Å². The second kappa shape index (κ2) is 16.8. The minimum atomic E-state index is -1.14. The third-order valence-electron chi connectivity index (χ3n) is 13.3. The van der Waals surface area contributed by atoms with E-state index in [-0.39, 0.29) is 0 Å². The summed E-state index contributed by atoms with van der Waals surface area (Å²) in [6.07, 6.45) is 8.15. The Kier molecular flexibility index (Phi) is 10.5. The van der Waals surface area contributed by atoms with E-state index >= 15 is 8.78 Å². The van der Waals surface area contributed by atoms with Gasteiger partial charge in [-0.25, -0.2) is 8.78 Å². The summed E-state index contributed by atoms with van der Waals surface area (Å²) in [4.78, 5) is 0. The Hall–Kier alpha value is -8.36. The summed E-state index contributed by atoms with van der Waals surface area (Å²) >= 11 is 0.